The second kappa shape index (κ2) is 8.84. The van der Waals surface area contributed by atoms with Crippen LogP contribution in [0.25, 0.3) is 0 Å². The number of benzene rings is 1. The van der Waals surface area contributed by atoms with E-state index in [1.165, 1.54) is 38.5 Å². The molecule has 102 valence electrons. The van der Waals surface area contributed by atoms with E-state index in [1.807, 2.05) is 25.1 Å². The zero-order chi connectivity index (χ0) is 13.2. The predicted octanol–water partition coefficient (Wildman–Crippen LogP) is 4.71. The van der Waals surface area contributed by atoms with Crippen LogP contribution in [0.1, 0.15) is 57.4 Å². The van der Waals surface area contributed by atoms with Crippen molar-refractivity contribution in [2.24, 2.45) is 0 Å². The number of nitrogen functional groups attached to an aromatic ring is 1. The molecular weight excluding hydrogens is 222 g/mol. The van der Waals surface area contributed by atoms with Gasteiger partial charge in [0.05, 0.1) is 6.61 Å². The number of rotatable bonds is 9. The normalized spacial score (nSPS) is 10.6. The van der Waals surface area contributed by atoms with Crippen molar-refractivity contribution in [1.82, 2.24) is 0 Å². The number of nitrogens with two attached hydrogens (primary N) is 1. The summed E-state index contributed by atoms with van der Waals surface area (Å²) in [5, 5.41) is 0. The molecule has 0 aliphatic heterocycles. The van der Waals surface area contributed by atoms with Crippen LogP contribution in [0.15, 0.2) is 18.2 Å². The molecule has 0 saturated heterocycles. The molecule has 2 heteroatoms. The minimum atomic E-state index is 0.804. The smallest absolute Gasteiger partial charge is 0.124 e. The van der Waals surface area contributed by atoms with Gasteiger partial charge in [-0.1, -0.05) is 51.5 Å². The Balaban J connectivity index is 2.09. The van der Waals surface area contributed by atoms with Crippen molar-refractivity contribution < 1.29 is 4.74 Å². The highest BCUT2D eigenvalue weighted by Gasteiger charge is 2.01. The van der Waals surface area contributed by atoms with E-state index < -0.39 is 0 Å². The van der Waals surface area contributed by atoms with Gasteiger partial charge in [0.25, 0.3) is 0 Å². The van der Waals surface area contributed by atoms with Gasteiger partial charge in [0.2, 0.25) is 0 Å². The first kappa shape index (κ1) is 14.9. The summed E-state index contributed by atoms with van der Waals surface area (Å²) in [6.07, 6.45) is 9.18. The van der Waals surface area contributed by atoms with Gasteiger partial charge in [-0.3, -0.25) is 0 Å². The molecule has 1 rings (SSSR count). The van der Waals surface area contributed by atoms with Crippen LogP contribution in [0.3, 0.4) is 0 Å². The molecule has 0 bridgehead atoms. The van der Waals surface area contributed by atoms with Crippen molar-refractivity contribution in [1.29, 1.82) is 0 Å². The van der Waals surface area contributed by atoms with Gasteiger partial charge in [0.1, 0.15) is 5.75 Å². The maximum absolute atomic E-state index is 5.84. The number of unbranched alkanes of at least 4 members (excludes halogenated alkanes) is 6. The SMILES string of the molecule is CCCCCCCCCOc1cccc(N)c1C. The summed E-state index contributed by atoms with van der Waals surface area (Å²) in [6, 6.07) is 5.85. The molecule has 0 amide bonds. The maximum atomic E-state index is 5.84. The first-order chi connectivity index (χ1) is 8.75. The van der Waals surface area contributed by atoms with E-state index in [9.17, 15) is 0 Å². The Hall–Kier alpha value is -1.18. The third-order valence-electron chi connectivity index (χ3n) is 3.33. The van der Waals surface area contributed by atoms with E-state index in [4.69, 9.17) is 10.5 Å². The van der Waals surface area contributed by atoms with E-state index >= 15 is 0 Å². The molecule has 0 aromatic heterocycles. The van der Waals surface area contributed by atoms with E-state index in [2.05, 4.69) is 6.92 Å². The van der Waals surface area contributed by atoms with Crippen molar-refractivity contribution in [3.05, 3.63) is 23.8 Å². The van der Waals surface area contributed by atoms with E-state index in [1.54, 1.807) is 0 Å². The predicted molar refractivity (Wildman–Crippen MR) is 79.1 cm³/mol. The zero-order valence-corrected chi connectivity index (χ0v) is 11.9. The van der Waals surface area contributed by atoms with Gasteiger partial charge in [-0.15, -0.1) is 0 Å². The van der Waals surface area contributed by atoms with E-state index in [0.29, 0.717) is 0 Å². The quantitative estimate of drug-likeness (QED) is 0.508. The van der Waals surface area contributed by atoms with Gasteiger partial charge in [0, 0.05) is 11.3 Å². The molecule has 2 nitrogen and oxygen atoms in total. The monoisotopic (exact) mass is 249 g/mol. The Labute approximate surface area is 112 Å². The number of hydrogen-bond donors (Lipinski definition) is 1. The molecule has 0 spiro atoms. The van der Waals surface area contributed by atoms with Crippen LogP contribution in [-0.4, -0.2) is 6.61 Å². The minimum absolute atomic E-state index is 0.804. The summed E-state index contributed by atoms with van der Waals surface area (Å²) >= 11 is 0. The van der Waals surface area contributed by atoms with Crippen molar-refractivity contribution in [2.45, 2.75) is 58.8 Å². The molecule has 18 heavy (non-hydrogen) atoms. The van der Waals surface area contributed by atoms with Gasteiger partial charge in [-0.2, -0.15) is 0 Å². The lowest BCUT2D eigenvalue weighted by Gasteiger charge is -2.10. The van der Waals surface area contributed by atoms with Gasteiger partial charge in [-0.05, 0) is 25.5 Å². The largest absolute Gasteiger partial charge is 0.493 e. The minimum Gasteiger partial charge on any atom is -0.493 e. The van der Waals surface area contributed by atoms with Crippen molar-refractivity contribution in [2.75, 3.05) is 12.3 Å². The highest BCUT2D eigenvalue weighted by Crippen LogP contribution is 2.23. The van der Waals surface area contributed by atoms with Crippen molar-refractivity contribution in [3.8, 4) is 5.75 Å². The average molecular weight is 249 g/mol. The summed E-state index contributed by atoms with van der Waals surface area (Å²) in [7, 11) is 0. The van der Waals surface area contributed by atoms with Gasteiger partial charge in [0.15, 0.2) is 0 Å². The van der Waals surface area contributed by atoms with Gasteiger partial charge in [-0.25, -0.2) is 0 Å². The molecule has 0 aliphatic rings. The Morgan fingerprint density at radius 3 is 2.39 bits per heavy atom. The highest BCUT2D eigenvalue weighted by molar-refractivity contribution is 5.53. The molecule has 0 unspecified atom stereocenters. The topological polar surface area (TPSA) is 35.2 Å². The molecule has 2 N–H and O–H groups in total. The molecular formula is C16H27NO. The van der Waals surface area contributed by atoms with E-state index in [-0.39, 0.29) is 0 Å². The van der Waals surface area contributed by atoms with Crippen LogP contribution in [0, 0.1) is 6.92 Å². The van der Waals surface area contributed by atoms with Crippen LogP contribution in [0.2, 0.25) is 0 Å². The molecule has 0 fully saturated rings. The van der Waals surface area contributed by atoms with Crippen molar-refractivity contribution >= 4 is 5.69 Å². The fraction of sp³-hybridized carbons (Fsp3) is 0.625. The third-order valence-corrected chi connectivity index (χ3v) is 3.33. The van der Waals surface area contributed by atoms with E-state index in [0.717, 1.165) is 30.0 Å². The Morgan fingerprint density at radius 2 is 1.67 bits per heavy atom. The van der Waals surface area contributed by atoms with Crippen LogP contribution in [-0.2, 0) is 0 Å². The fourth-order valence-corrected chi connectivity index (χ4v) is 2.03. The summed E-state index contributed by atoms with van der Waals surface area (Å²) in [5.74, 6) is 0.931. The average Bonchev–Trinajstić information content (AvgIpc) is 2.37. The van der Waals surface area contributed by atoms with Crippen molar-refractivity contribution in [3.63, 3.8) is 0 Å². The Bertz CT molecular complexity index is 336. The summed E-state index contributed by atoms with van der Waals surface area (Å²) in [6.45, 7) is 5.06. The highest BCUT2D eigenvalue weighted by atomic mass is 16.5. The first-order valence-corrected chi connectivity index (χ1v) is 7.23. The third kappa shape index (κ3) is 5.44. The van der Waals surface area contributed by atoms with Crippen LogP contribution < -0.4 is 10.5 Å². The Morgan fingerprint density at radius 1 is 1.00 bits per heavy atom. The number of ether oxygens (including phenoxy) is 1. The number of anilines is 1. The molecule has 0 heterocycles. The molecule has 0 radical (unpaired) electrons. The lowest BCUT2D eigenvalue weighted by molar-refractivity contribution is 0.302. The first-order valence-electron chi connectivity index (χ1n) is 7.23. The number of hydrogen-bond acceptors (Lipinski definition) is 2. The Kier molecular flexibility index (Phi) is 7.31. The molecule has 0 aliphatic carbocycles. The summed E-state index contributed by atoms with van der Waals surface area (Å²) in [5.41, 5.74) is 7.71. The van der Waals surface area contributed by atoms with Gasteiger partial charge >= 0.3 is 0 Å². The van der Waals surface area contributed by atoms with Gasteiger partial charge < -0.3 is 10.5 Å². The van der Waals surface area contributed by atoms with Crippen LogP contribution in [0.5, 0.6) is 5.75 Å². The second-order valence-electron chi connectivity index (χ2n) is 4.94. The molecule has 1 aromatic rings. The lowest BCUT2D eigenvalue weighted by Crippen LogP contribution is -2.00. The lowest BCUT2D eigenvalue weighted by atomic mass is 10.1. The molecule has 0 atom stereocenters. The summed E-state index contributed by atoms with van der Waals surface area (Å²) < 4.78 is 5.77. The molecule has 0 saturated carbocycles. The summed E-state index contributed by atoms with van der Waals surface area (Å²) in [4.78, 5) is 0. The standard InChI is InChI=1S/C16H27NO/c1-3-4-5-6-7-8-9-13-18-16-12-10-11-15(17)14(16)2/h10-12H,3-9,13,17H2,1-2H3. The fourth-order valence-electron chi connectivity index (χ4n) is 2.03. The maximum Gasteiger partial charge on any atom is 0.124 e. The zero-order valence-electron chi connectivity index (χ0n) is 11.9. The van der Waals surface area contributed by atoms with Crippen LogP contribution in [0.4, 0.5) is 5.69 Å². The molecule has 1 aromatic carbocycles. The van der Waals surface area contributed by atoms with Crippen LogP contribution >= 0.6 is 0 Å². The second-order valence-corrected chi connectivity index (χ2v) is 4.94.